The highest BCUT2D eigenvalue weighted by atomic mass is 32.1. The molecule has 1 atom stereocenters. The van der Waals surface area contributed by atoms with Crippen LogP contribution in [0.3, 0.4) is 0 Å². The van der Waals surface area contributed by atoms with Crippen molar-refractivity contribution in [3.05, 3.63) is 52.2 Å². The second-order valence-electron chi connectivity index (χ2n) is 6.40. The summed E-state index contributed by atoms with van der Waals surface area (Å²) < 4.78 is 0. The molecular weight excluding hydrogens is 350 g/mol. The summed E-state index contributed by atoms with van der Waals surface area (Å²) in [4.78, 5) is 40.9. The average Bonchev–Trinajstić information content (AvgIpc) is 3.32. The molecule has 1 unspecified atom stereocenters. The molecule has 0 bridgehead atoms. The molecule has 0 radical (unpaired) electrons. The molecule has 7 heteroatoms. The zero-order valence-corrected chi connectivity index (χ0v) is 15.6. The predicted molar refractivity (Wildman–Crippen MR) is 101 cm³/mol. The van der Waals surface area contributed by atoms with Crippen LogP contribution >= 0.6 is 11.3 Å². The highest BCUT2D eigenvalue weighted by molar-refractivity contribution is 7.12. The molecule has 1 saturated heterocycles. The van der Waals surface area contributed by atoms with Crippen LogP contribution in [0.1, 0.15) is 32.9 Å². The lowest BCUT2D eigenvalue weighted by Gasteiger charge is -2.26. The number of nitrogens with one attached hydrogen (secondary N) is 1. The minimum absolute atomic E-state index is 0.0457. The lowest BCUT2D eigenvalue weighted by molar-refractivity contribution is -0.132. The lowest BCUT2D eigenvalue weighted by atomic mass is 10.1. The molecule has 1 N–H and O–H groups in total. The number of rotatable bonds is 4. The molecule has 6 nitrogen and oxygen atoms in total. The summed E-state index contributed by atoms with van der Waals surface area (Å²) >= 11 is 1.37. The standard InChI is InChI=1S/C19H21N3O3S/c1-21(2)19(25)15-5-3-11-22(15)18(24)13-7-9-14(10-8-13)20-17(23)16-6-4-12-26-16/h4,6-10,12,15H,3,5,11H2,1-2H3,(H,20,23). The number of carbonyl (C=O) groups is 3. The summed E-state index contributed by atoms with van der Waals surface area (Å²) in [6, 6.07) is 9.96. The van der Waals surface area contributed by atoms with Crippen molar-refractivity contribution < 1.29 is 14.4 Å². The Bertz CT molecular complexity index is 800. The number of nitrogens with zero attached hydrogens (tertiary/aromatic N) is 2. The molecule has 0 aliphatic carbocycles. The largest absolute Gasteiger partial charge is 0.347 e. The highest BCUT2D eigenvalue weighted by Crippen LogP contribution is 2.22. The number of carbonyl (C=O) groups excluding carboxylic acids is 3. The number of anilines is 1. The van der Waals surface area contributed by atoms with Gasteiger partial charge >= 0.3 is 0 Å². The Kier molecular flexibility index (Phi) is 5.37. The summed E-state index contributed by atoms with van der Waals surface area (Å²) in [5, 5.41) is 4.65. The van der Waals surface area contributed by atoms with Crippen LogP contribution in [-0.2, 0) is 4.79 Å². The third-order valence-corrected chi connectivity index (χ3v) is 5.24. The van der Waals surface area contributed by atoms with E-state index in [1.54, 1.807) is 49.3 Å². The van der Waals surface area contributed by atoms with Gasteiger partial charge in [0.25, 0.3) is 11.8 Å². The van der Waals surface area contributed by atoms with E-state index in [1.807, 2.05) is 11.4 Å². The molecule has 1 aromatic carbocycles. The van der Waals surface area contributed by atoms with E-state index in [0.717, 1.165) is 6.42 Å². The molecule has 1 fully saturated rings. The maximum atomic E-state index is 12.8. The van der Waals surface area contributed by atoms with Crippen LogP contribution in [0.4, 0.5) is 5.69 Å². The lowest BCUT2D eigenvalue weighted by Crippen LogP contribution is -2.45. The van der Waals surface area contributed by atoms with Crippen LogP contribution < -0.4 is 5.32 Å². The van der Waals surface area contributed by atoms with E-state index >= 15 is 0 Å². The first-order valence-corrected chi connectivity index (χ1v) is 9.32. The number of likely N-dealkylation sites (N-methyl/N-ethyl adjacent to an activating group) is 1. The van der Waals surface area contributed by atoms with Crippen LogP contribution in [0.25, 0.3) is 0 Å². The Morgan fingerprint density at radius 3 is 2.50 bits per heavy atom. The third-order valence-electron chi connectivity index (χ3n) is 4.37. The van der Waals surface area contributed by atoms with E-state index in [4.69, 9.17) is 0 Å². The number of hydrogen-bond acceptors (Lipinski definition) is 4. The number of benzene rings is 1. The predicted octanol–water partition coefficient (Wildman–Crippen LogP) is 2.69. The number of amides is 3. The first-order valence-electron chi connectivity index (χ1n) is 8.44. The van der Waals surface area contributed by atoms with Gasteiger partial charge in [-0.3, -0.25) is 14.4 Å². The zero-order valence-electron chi connectivity index (χ0n) is 14.8. The smallest absolute Gasteiger partial charge is 0.265 e. The van der Waals surface area contributed by atoms with E-state index in [0.29, 0.717) is 29.1 Å². The Balaban J connectivity index is 1.69. The fourth-order valence-electron chi connectivity index (χ4n) is 3.03. The molecule has 0 spiro atoms. The normalized spacial score (nSPS) is 16.4. The first kappa shape index (κ1) is 18.1. The molecule has 3 amide bonds. The fourth-order valence-corrected chi connectivity index (χ4v) is 3.65. The van der Waals surface area contributed by atoms with Crippen molar-refractivity contribution >= 4 is 34.7 Å². The molecule has 3 rings (SSSR count). The summed E-state index contributed by atoms with van der Waals surface area (Å²) in [6.45, 7) is 0.583. The van der Waals surface area contributed by atoms with Gasteiger partial charge in [-0.2, -0.15) is 0 Å². The molecule has 2 aromatic rings. The molecule has 136 valence electrons. The zero-order chi connectivity index (χ0) is 18.7. The van der Waals surface area contributed by atoms with Crippen LogP contribution in [0.15, 0.2) is 41.8 Å². The van der Waals surface area contributed by atoms with Crippen molar-refractivity contribution in [2.24, 2.45) is 0 Å². The van der Waals surface area contributed by atoms with Gasteiger partial charge in [-0.25, -0.2) is 0 Å². The van der Waals surface area contributed by atoms with Gasteiger partial charge in [-0.05, 0) is 48.6 Å². The minimum Gasteiger partial charge on any atom is -0.347 e. The van der Waals surface area contributed by atoms with Crippen LogP contribution in [-0.4, -0.2) is 54.2 Å². The van der Waals surface area contributed by atoms with Gasteiger partial charge in [0.15, 0.2) is 0 Å². The summed E-state index contributed by atoms with van der Waals surface area (Å²) in [6.07, 6.45) is 1.52. The molecule has 0 saturated carbocycles. The van der Waals surface area contributed by atoms with Crippen LogP contribution in [0.2, 0.25) is 0 Å². The SMILES string of the molecule is CN(C)C(=O)C1CCCN1C(=O)c1ccc(NC(=O)c2cccs2)cc1. The van der Waals surface area contributed by atoms with Crippen molar-refractivity contribution in [3.8, 4) is 0 Å². The summed E-state index contributed by atoms with van der Waals surface area (Å²) in [5.74, 6) is -0.371. The van der Waals surface area contributed by atoms with Gasteiger partial charge in [0.05, 0.1) is 4.88 Å². The maximum absolute atomic E-state index is 12.8. The summed E-state index contributed by atoms with van der Waals surface area (Å²) in [5.41, 5.74) is 1.14. The number of likely N-dealkylation sites (tertiary alicyclic amines) is 1. The van der Waals surface area contributed by atoms with E-state index in [1.165, 1.54) is 16.2 Å². The number of thiophene rings is 1. The highest BCUT2D eigenvalue weighted by Gasteiger charge is 2.35. The van der Waals surface area contributed by atoms with Crippen molar-refractivity contribution in [2.75, 3.05) is 26.0 Å². The van der Waals surface area contributed by atoms with Gasteiger partial charge in [-0.15, -0.1) is 11.3 Å². The van der Waals surface area contributed by atoms with Gasteiger partial charge in [-0.1, -0.05) is 6.07 Å². The molecule has 2 heterocycles. The van der Waals surface area contributed by atoms with E-state index in [9.17, 15) is 14.4 Å². The topological polar surface area (TPSA) is 69.7 Å². The van der Waals surface area contributed by atoms with Crippen LogP contribution in [0, 0.1) is 0 Å². The monoisotopic (exact) mass is 371 g/mol. The Morgan fingerprint density at radius 2 is 1.88 bits per heavy atom. The minimum atomic E-state index is -0.393. The van der Waals surface area contributed by atoms with Crippen molar-refractivity contribution in [1.29, 1.82) is 0 Å². The third kappa shape index (κ3) is 3.77. The second kappa shape index (κ2) is 7.70. The van der Waals surface area contributed by atoms with Crippen molar-refractivity contribution in [3.63, 3.8) is 0 Å². The van der Waals surface area contributed by atoms with Gasteiger partial charge in [0.1, 0.15) is 6.04 Å². The van der Waals surface area contributed by atoms with E-state index < -0.39 is 6.04 Å². The first-order chi connectivity index (χ1) is 12.5. The Morgan fingerprint density at radius 1 is 1.15 bits per heavy atom. The molecule has 1 aromatic heterocycles. The van der Waals surface area contributed by atoms with Crippen molar-refractivity contribution in [2.45, 2.75) is 18.9 Å². The number of hydrogen-bond donors (Lipinski definition) is 1. The maximum Gasteiger partial charge on any atom is 0.265 e. The average molecular weight is 371 g/mol. The van der Waals surface area contributed by atoms with Crippen LogP contribution in [0.5, 0.6) is 0 Å². The van der Waals surface area contributed by atoms with Gasteiger partial charge in [0.2, 0.25) is 5.91 Å². The van der Waals surface area contributed by atoms with Gasteiger partial charge < -0.3 is 15.1 Å². The second-order valence-corrected chi connectivity index (χ2v) is 7.35. The molecule has 1 aliphatic heterocycles. The molecule has 26 heavy (non-hydrogen) atoms. The van der Waals surface area contributed by atoms with E-state index in [-0.39, 0.29) is 17.7 Å². The fraction of sp³-hybridized carbons (Fsp3) is 0.316. The quantitative estimate of drug-likeness (QED) is 0.898. The molecule has 1 aliphatic rings. The van der Waals surface area contributed by atoms with Gasteiger partial charge in [0, 0.05) is 31.9 Å². The Labute approximate surface area is 156 Å². The molecular formula is C19H21N3O3S. The van der Waals surface area contributed by atoms with E-state index in [2.05, 4.69) is 5.32 Å². The summed E-state index contributed by atoms with van der Waals surface area (Å²) in [7, 11) is 3.41. The Hall–Kier alpha value is -2.67. The van der Waals surface area contributed by atoms with Crippen molar-refractivity contribution in [1.82, 2.24) is 9.80 Å².